The number of carbonyl (C=O) groups excluding carboxylic acids is 2. The minimum atomic E-state index is -0.183. The third-order valence-corrected chi connectivity index (χ3v) is 7.77. The third kappa shape index (κ3) is 3.94. The summed E-state index contributed by atoms with van der Waals surface area (Å²) in [6.45, 7) is 8.96. The number of hydrogen-bond acceptors (Lipinski definition) is 7. The molecule has 0 spiro atoms. The fraction of sp³-hybridized carbons (Fsp3) is 0.565. The van der Waals surface area contributed by atoms with Crippen LogP contribution in [0.2, 0.25) is 0 Å². The number of rotatable bonds is 4. The normalized spacial score (nSPS) is 21.7. The van der Waals surface area contributed by atoms with Gasteiger partial charge in [-0.2, -0.15) is 0 Å². The Labute approximate surface area is 192 Å². The lowest BCUT2D eigenvalue weighted by molar-refractivity contribution is -0.132. The van der Waals surface area contributed by atoms with Crippen LogP contribution in [0.5, 0.6) is 0 Å². The molecule has 9 heteroatoms. The Morgan fingerprint density at radius 2 is 1.78 bits per heavy atom. The zero-order chi connectivity index (χ0) is 22.2. The van der Waals surface area contributed by atoms with E-state index in [1.54, 1.807) is 4.90 Å². The predicted octanol–water partition coefficient (Wildman–Crippen LogP) is 2.60. The first-order chi connectivity index (χ1) is 15.5. The number of nitrogens with zero attached hydrogens (tertiary/aromatic N) is 6. The van der Waals surface area contributed by atoms with E-state index in [9.17, 15) is 9.59 Å². The molecule has 8 nitrogen and oxygen atoms in total. The van der Waals surface area contributed by atoms with E-state index in [0.29, 0.717) is 18.1 Å². The number of amides is 2. The van der Waals surface area contributed by atoms with Crippen molar-refractivity contribution in [3.63, 3.8) is 0 Å². The van der Waals surface area contributed by atoms with Gasteiger partial charge in [0.05, 0.1) is 0 Å². The molecule has 1 aromatic carbocycles. The van der Waals surface area contributed by atoms with Gasteiger partial charge < -0.3 is 14.7 Å². The molecule has 170 valence electrons. The summed E-state index contributed by atoms with van der Waals surface area (Å²) in [6, 6.07) is 6.37. The van der Waals surface area contributed by atoms with Gasteiger partial charge >= 0.3 is 0 Å². The predicted molar refractivity (Wildman–Crippen MR) is 127 cm³/mol. The minimum absolute atomic E-state index is 0.114. The van der Waals surface area contributed by atoms with Gasteiger partial charge in [-0.05, 0) is 50.3 Å². The van der Waals surface area contributed by atoms with E-state index in [2.05, 4.69) is 52.0 Å². The number of benzene rings is 1. The van der Waals surface area contributed by atoms with Crippen LogP contribution in [0.1, 0.15) is 36.8 Å². The number of anilines is 3. The summed E-state index contributed by atoms with van der Waals surface area (Å²) in [5.41, 5.74) is 3.82. The van der Waals surface area contributed by atoms with Gasteiger partial charge in [-0.15, -0.1) is 10.2 Å². The first kappa shape index (κ1) is 21.2. The SMILES string of the molecule is Cc1ccc(C)c(N2CCN(C(=O)[C@H]3CCCN3c3nnc(N4CCCC4=O)s3)CC2)c1. The molecule has 0 unspecified atom stereocenters. The molecule has 0 aliphatic carbocycles. The summed E-state index contributed by atoms with van der Waals surface area (Å²) < 4.78 is 0. The standard InChI is InChI=1S/C23H30N6O2S/c1-16-7-8-17(2)19(15-16)26-11-13-27(14-12-26)21(31)18-5-3-9-28(18)22-24-25-23(32-22)29-10-4-6-20(29)30/h7-8,15,18H,3-6,9-14H2,1-2H3/t18-/m1/s1. The molecule has 2 aromatic rings. The van der Waals surface area contributed by atoms with Crippen molar-refractivity contribution >= 4 is 39.1 Å². The number of aryl methyl sites for hydroxylation is 2. The van der Waals surface area contributed by atoms with Crippen LogP contribution < -0.4 is 14.7 Å². The zero-order valence-corrected chi connectivity index (χ0v) is 19.6. The van der Waals surface area contributed by atoms with Gasteiger partial charge in [0.25, 0.3) is 0 Å². The van der Waals surface area contributed by atoms with Crippen LogP contribution in [0.4, 0.5) is 16.0 Å². The highest BCUT2D eigenvalue weighted by atomic mass is 32.1. The largest absolute Gasteiger partial charge is 0.368 e. The van der Waals surface area contributed by atoms with Crippen LogP contribution in [-0.4, -0.2) is 72.2 Å². The summed E-state index contributed by atoms with van der Waals surface area (Å²) in [6.07, 6.45) is 3.25. The summed E-state index contributed by atoms with van der Waals surface area (Å²) >= 11 is 1.43. The van der Waals surface area contributed by atoms with Crippen molar-refractivity contribution in [1.82, 2.24) is 15.1 Å². The molecule has 3 aliphatic rings. The Morgan fingerprint density at radius 3 is 2.53 bits per heavy atom. The van der Waals surface area contributed by atoms with Crippen LogP contribution in [0.25, 0.3) is 0 Å². The highest BCUT2D eigenvalue weighted by molar-refractivity contribution is 7.19. The maximum Gasteiger partial charge on any atom is 0.245 e. The van der Waals surface area contributed by atoms with Crippen LogP contribution in [0, 0.1) is 13.8 Å². The Bertz CT molecular complexity index is 1020. The smallest absolute Gasteiger partial charge is 0.245 e. The van der Waals surface area contributed by atoms with Crippen molar-refractivity contribution in [3.05, 3.63) is 29.3 Å². The molecule has 32 heavy (non-hydrogen) atoms. The van der Waals surface area contributed by atoms with Crippen molar-refractivity contribution in [2.24, 2.45) is 0 Å². The van der Waals surface area contributed by atoms with Crippen LogP contribution >= 0.6 is 11.3 Å². The molecule has 5 rings (SSSR count). The molecule has 3 aliphatic heterocycles. The monoisotopic (exact) mass is 454 g/mol. The van der Waals surface area contributed by atoms with Gasteiger partial charge in [0, 0.05) is 51.4 Å². The molecule has 2 amide bonds. The molecular weight excluding hydrogens is 424 g/mol. The van der Waals surface area contributed by atoms with E-state index in [-0.39, 0.29) is 17.9 Å². The highest BCUT2D eigenvalue weighted by Crippen LogP contribution is 2.34. The van der Waals surface area contributed by atoms with E-state index < -0.39 is 0 Å². The summed E-state index contributed by atoms with van der Waals surface area (Å²) in [5, 5.41) is 10.0. The number of aromatic nitrogens is 2. The second-order valence-corrected chi connectivity index (χ2v) is 9.90. The van der Waals surface area contributed by atoms with Gasteiger partial charge in [-0.3, -0.25) is 14.5 Å². The van der Waals surface area contributed by atoms with Crippen molar-refractivity contribution in [1.29, 1.82) is 0 Å². The highest BCUT2D eigenvalue weighted by Gasteiger charge is 2.37. The molecule has 3 fully saturated rings. The Morgan fingerprint density at radius 1 is 1.00 bits per heavy atom. The van der Waals surface area contributed by atoms with E-state index in [4.69, 9.17) is 0 Å². The molecule has 0 radical (unpaired) electrons. The lowest BCUT2D eigenvalue weighted by Crippen LogP contribution is -2.54. The minimum Gasteiger partial charge on any atom is -0.368 e. The zero-order valence-electron chi connectivity index (χ0n) is 18.8. The van der Waals surface area contributed by atoms with Crippen molar-refractivity contribution in [2.45, 2.75) is 45.6 Å². The molecule has 0 bridgehead atoms. The van der Waals surface area contributed by atoms with Crippen LogP contribution in [0.15, 0.2) is 18.2 Å². The number of carbonyl (C=O) groups is 2. The topological polar surface area (TPSA) is 72.9 Å². The molecule has 1 aromatic heterocycles. The van der Waals surface area contributed by atoms with Crippen molar-refractivity contribution < 1.29 is 9.59 Å². The van der Waals surface area contributed by atoms with E-state index in [0.717, 1.165) is 57.1 Å². The van der Waals surface area contributed by atoms with Crippen molar-refractivity contribution in [3.8, 4) is 0 Å². The number of hydrogen-bond donors (Lipinski definition) is 0. The average Bonchev–Trinajstić information content (AvgIpc) is 3.55. The molecule has 4 heterocycles. The lowest BCUT2D eigenvalue weighted by Gasteiger charge is -2.38. The van der Waals surface area contributed by atoms with Gasteiger partial charge in [0.2, 0.25) is 22.1 Å². The molecular formula is C23H30N6O2S. The second kappa shape index (κ2) is 8.69. The lowest BCUT2D eigenvalue weighted by atomic mass is 10.1. The van der Waals surface area contributed by atoms with Gasteiger partial charge in [0.15, 0.2) is 0 Å². The van der Waals surface area contributed by atoms with E-state index >= 15 is 0 Å². The average molecular weight is 455 g/mol. The summed E-state index contributed by atoms with van der Waals surface area (Å²) in [4.78, 5) is 33.7. The fourth-order valence-corrected chi connectivity index (χ4v) is 5.94. The maximum absolute atomic E-state index is 13.4. The quantitative estimate of drug-likeness (QED) is 0.707. The first-order valence-corrected chi connectivity index (χ1v) is 12.3. The summed E-state index contributed by atoms with van der Waals surface area (Å²) in [7, 11) is 0. The van der Waals surface area contributed by atoms with Crippen LogP contribution in [-0.2, 0) is 9.59 Å². The van der Waals surface area contributed by atoms with E-state index in [1.165, 1.54) is 28.2 Å². The van der Waals surface area contributed by atoms with E-state index in [1.807, 2.05) is 4.90 Å². The molecule has 3 saturated heterocycles. The first-order valence-electron chi connectivity index (χ1n) is 11.5. The van der Waals surface area contributed by atoms with Gasteiger partial charge in [-0.1, -0.05) is 23.5 Å². The molecule has 0 N–H and O–H groups in total. The maximum atomic E-state index is 13.4. The van der Waals surface area contributed by atoms with Crippen LogP contribution in [0.3, 0.4) is 0 Å². The third-order valence-electron chi connectivity index (χ3n) is 6.79. The van der Waals surface area contributed by atoms with Gasteiger partial charge in [-0.25, -0.2) is 0 Å². The van der Waals surface area contributed by atoms with Crippen molar-refractivity contribution in [2.75, 3.05) is 54.0 Å². The number of piperazine rings is 1. The Hall–Kier alpha value is -2.68. The molecule has 0 saturated carbocycles. The Balaban J connectivity index is 1.24. The molecule has 1 atom stereocenters. The second-order valence-electron chi connectivity index (χ2n) is 8.97. The summed E-state index contributed by atoms with van der Waals surface area (Å²) in [5.74, 6) is 0.306. The Kier molecular flexibility index (Phi) is 5.75. The van der Waals surface area contributed by atoms with Gasteiger partial charge in [0.1, 0.15) is 6.04 Å². The fourth-order valence-electron chi connectivity index (χ4n) is 4.97.